The zero-order chi connectivity index (χ0) is 29.6. The second-order valence-electron chi connectivity index (χ2n) is 10.5. The molecule has 2 aliphatic rings. The molecule has 3 aromatic rings. The normalized spacial score (nSPS) is 18.8. The molecule has 0 bridgehead atoms. The second kappa shape index (κ2) is 13.0. The minimum absolute atomic E-state index is 0.119. The summed E-state index contributed by atoms with van der Waals surface area (Å²) in [4.78, 5) is 40.2. The Bertz CT molecular complexity index is 1480. The van der Waals surface area contributed by atoms with Gasteiger partial charge in [-0.15, -0.1) is 0 Å². The van der Waals surface area contributed by atoms with Gasteiger partial charge in [0.25, 0.3) is 11.6 Å². The second-order valence-corrected chi connectivity index (χ2v) is 10.5. The minimum atomic E-state index is -0.938. The van der Waals surface area contributed by atoms with Gasteiger partial charge in [-0.2, -0.15) is 0 Å². The maximum absolute atomic E-state index is 13.9. The summed E-state index contributed by atoms with van der Waals surface area (Å²) in [5, 5.41) is 25.1. The number of benzene rings is 3. The fourth-order valence-electron chi connectivity index (χ4n) is 5.48. The highest BCUT2D eigenvalue weighted by molar-refractivity contribution is 6.46. The molecule has 0 radical (unpaired) electrons. The maximum Gasteiger partial charge on any atom is 0.295 e. The van der Waals surface area contributed by atoms with E-state index in [1.54, 1.807) is 18.2 Å². The molecule has 5 rings (SSSR count). The molecule has 1 atom stereocenters. The number of ketones is 1. The lowest BCUT2D eigenvalue weighted by Gasteiger charge is -2.29. The van der Waals surface area contributed by atoms with Gasteiger partial charge in [-0.25, -0.2) is 0 Å². The van der Waals surface area contributed by atoms with Crippen molar-refractivity contribution in [1.29, 1.82) is 0 Å². The quantitative estimate of drug-likeness (QED) is 0.130. The van der Waals surface area contributed by atoms with Crippen LogP contribution in [0.1, 0.15) is 34.7 Å². The van der Waals surface area contributed by atoms with Gasteiger partial charge in [0.15, 0.2) is 0 Å². The SMILES string of the molecule is Cc1cc(/C([O-])=C2\C(=O)C(=O)N(CCC[NH+]3CCOCC3)C2c2ccc([N+](=O)[O-])cc2)ccc1OCc1ccccc1. The lowest BCUT2D eigenvalue weighted by atomic mass is 9.94. The number of aryl methyl sites for hydroxylation is 1. The van der Waals surface area contributed by atoms with Crippen molar-refractivity contribution in [1.82, 2.24) is 4.90 Å². The average Bonchev–Trinajstić information content (AvgIpc) is 3.26. The Hall–Kier alpha value is -4.54. The number of nitrogens with zero attached hydrogens (tertiary/aromatic N) is 2. The minimum Gasteiger partial charge on any atom is -0.872 e. The summed E-state index contributed by atoms with van der Waals surface area (Å²) in [7, 11) is 0. The number of amides is 1. The summed E-state index contributed by atoms with van der Waals surface area (Å²) in [6, 6.07) is 19.4. The van der Waals surface area contributed by atoms with Crippen molar-refractivity contribution in [2.75, 3.05) is 39.4 Å². The molecule has 10 nitrogen and oxygen atoms in total. The third kappa shape index (κ3) is 6.35. The first-order valence-electron chi connectivity index (χ1n) is 14.0. The highest BCUT2D eigenvalue weighted by Gasteiger charge is 2.44. The Balaban J connectivity index is 1.44. The molecule has 2 saturated heterocycles. The fraction of sp³-hybridized carbons (Fsp3) is 0.312. The van der Waals surface area contributed by atoms with E-state index >= 15 is 0 Å². The molecule has 0 saturated carbocycles. The summed E-state index contributed by atoms with van der Waals surface area (Å²) >= 11 is 0. The molecule has 42 heavy (non-hydrogen) atoms. The first-order valence-corrected chi connectivity index (χ1v) is 14.0. The van der Waals surface area contributed by atoms with Crippen LogP contribution < -0.4 is 14.7 Å². The van der Waals surface area contributed by atoms with Gasteiger partial charge in [0, 0.05) is 30.7 Å². The molecule has 218 valence electrons. The molecular formula is C32H33N3O7. The number of nitrogens with one attached hydrogen (secondary N) is 1. The number of rotatable bonds is 10. The van der Waals surface area contributed by atoms with Crippen molar-refractivity contribution >= 4 is 23.1 Å². The van der Waals surface area contributed by atoms with Crippen LogP contribution in [0.2, 0.25) is 0 Å². The molecule has 0 aliphatic carbocycles. The largest absolute Gasteiger partial charge is 0.872 e. The van der Waals surface area contributed by atoms with E-state index in [1.165, 1.54) is 34.1 Å². The van der Waals surface area contributed by atoms with Crippen LogP contribution in [0, 0.1) is 17.0 Å². The lowest BCUT2D eigenvalue weighted by Crippen LogP contribution is -3.14. The van der Waals surface area contributed by atoms with Crippen LogP contribution >= 0.6 is 0 Å². The van der Waals surface area contributed by atoms with Crippen LogP contribution in [0.4, 0.5) is 5.69 Å². The molecule has 1 amide bonds. The highest BCUT2D eigenvalue weighted by atomic mass is 16.6. The highest BCUT2D eigenvalue weighted by Crippen LogP contribution is 2.39. The Kier molecular flexibility index (Phi) is 8.94. The van der Waals surface area contributed by atoms with Crippen LogP contribution in [0.3, 0.4) is 0 Å². The Morgan fingerprint density at radius 2 is 1.76 bits per heavy atom. The van der Waals surface area contributed by atoms with Crippen LogP contribution in [-0.4, -0.2) is 60.9 Å². The van der Waals surface area contributed by atoms with E-state index in [0.717, 1.165) is 25.2 Å². The van der Waals surface area contributed by atoms with E-state index in [-0.39, 0.29) is 23.4 Å². The van der Waals surface area contributed by atoms with Crippen LogP contribution in [0.5, 0.6) is 5.75 Å². The number of ether oxygens (including phenoxy) is 2. The number of hydrogen-bond donors (Lipinski definition) is 1. The number of morpholine rings is 1. The zero-order valence-electron chi connectivity index (χ0n) is 23.4. The van der Waals surface area contributed by atoms with Gasteiger partial charge in [-0.3, -0.25) is 19.7 Å². The monoisotopic (exact) mass is 571 g/mol. The predicted molar refractivity (Wildman–Crippen MR) is 152 cm³/mol. The number of nitro groups is 1. The number of likely N-dealkylation sites (tertiary alicyclic amines) is 1. The van der Waals surface area contributed by atoms with Gasteiger partial charge in [-0.05, 0) is 53.4 Å². The number of carbonyl (C=O) groups is 2. The first-order chi connectivity index (χ1) is 20.3. The summed E-state index contributed by atoms with van der Waals surface area (Å²) in [6.45, 7) is 6.37. The lowest BCUT2D eigenvalue weighted by molar-refractivity contribution is -0.908. The van der Waals surface area contributed by atoms with E-state index in [4.69, 9.17) is 9.47 Å². The number of non-ortho nitro benzene ring substituents is 1. The van der Waals surface area contributed by atoms with Gasteiger partial charge >= 0.3 is 0 Å². The average molecular weight is 572 g/mol. The molecule has 10 heteroatoms. The molecule has 1 unspecified atom stereocenters. The maximum atomic E-state index is 13.9. The van der Waals surface area contributed by atoms with Crippen molar-refractivity contribution in [3.63, 3.8) is 0 Å². The first kappa shape index (κ1) is 29.0. The van der Waals surface area contributed by atoms with Gasteiger partial charge in [0.05, 0.1) is 30.7 Å². The summed E-state index contributed by atoms with van der Waals surface area (Å²) in [5.41, 5.74) is 2.19. The van der Waals surface area contributed by atoms with E-state index < -0.39 is 28.4 Å². The Morgan fingerprint density at radius 1 is 1.05 bits per heavy atom. The predicted octanol–water partition coefficient (Wildman–Crippen LogP) is 2.01. The number of hydrogen-bond acceptors (Lipinski definition) is 7. The van der Waals surface area contributed by atoms with Gasteiger partial charge in [-0.1, -0.05) is 42.2 Å². The molecule has 2 heterocycles. The van der Waals surface area contributed by atoms with E-state index in [2.05, 4.69) is 0 Å². The molecule has 2 aliphatic heterocycles. The van der Waals surface area contributed by atoms with E-state index in [1.807, 2.05) is 37.3 Å². The van der Waals surface area contributed by atoms with Crippen molar-refractivity contribution < 1.29 is 34.0 Å². The van der Waals surface area contributed by atoms with Crippen LogP contribution in [0.25, 0.3) is 5.76 Å². The van der Waals surface area contributed by atoms with Crippen molar-refractivity contribution in [2.45, 2.75) is 26.0 Å². The number of Topliss-reactive ketones (excluding diaryl/α,β-unsaturated/α-hetero) is 1. The summed E-state index contributed by atoms with van der Waals surface area (Å²) in [6.07, 6.45) is 0.631. The molecule has 2 fully saturated rings. The van der Waals surface area contributed by atoms with Gasteiger partial charge in [0.2, 0.25) is 5.78 Å². The number of carbonyl (C=O) groups excluding carboxylic acids is 2. The van der Waals surface area contributed by atoms with E-state index in [0.29, 0.717) is 43.1 Å². The van der Waals surface area contributed by atoms with Gasteiger partial charge < -0.3 is 24.4 Å². The van der Waals surface area contributed by atoms with Crippen LogP contribution in [-0.2, 0) is 20.9 Å². The number of quaternary nitrogens is 1. The molecule has 1 N–H and O–H groups in total. The Labute approximate surface area is 243 Å². The third-order valence-corrected chi connectivity index (χ3v) is 7.75. The van der Waals surface area contributed by atoms with Crippen molar-refractivity contribution in [3.8, 4) is 5.75 Å². The molecule has 0 spiro atoms. The Morgan fingerprint density at radius 3 is 2.43 bits per heavy atom. The smallest absolute Gasteiger partial charge is 0.295 e. The van der Waals surface area contributed by atoms with E-state index in [9.17, 15) is 24.8 Å². The summed E-state index contributed by atoms with van der Waals surface area (Å²) in [5.74, 6) is -1.52. The number of nitro benzene ring substituents is 1. The topological polar surface area (TPSA) is 126 Å². The standard InChI is InChI=1S/C32H33N3O7/c1-22-20-25(10-13-27(22)42-21-23-6-3-2-4-7-23)30(36)28-29(24-8-11-26(12-9-24)35(39)40)34(32(38)31(28)37)15-5-14-33-16-18-41-19-17-33/h2-4,6-13,20,29,36H,5,14-19,21H2,1H3/b30-28+. The third-order valence-electron chi connectivity index (χ3n) is 7.75. The van der Waals surface area contributed by atoms with Crippen LogP contribution in [0.15, 0.2) is 78.4 Å². The van der Waals surface area contributed by atoms with Gasteiger partial charge in [0.1, 0.15) is 25.4 Å². The molecular weight excluding hydrogens is 538 g/mol. The molecule has 3 aromatic carbocycles. The van der Waals surface area contributed by atoms with Crippen molar-refractivity contribution in [2.24, 2.45) is 0 Å². The van der Waals surface area contributed by atoms with Crippen molar-refractivity contribution in [3.05, 3.63) is 111 Å². The molecule has 0 aromatic heterocycles. The zero-order valence-corrected chi connectivity index (χ0v) is 23.4. The fourth-order valence-corrected chi connectivity index (χ4v) is 5.48. The summed E-state index contributed by atoms with van der Waals surface area (Å²) < 4.78 is 11.4.